The van der Waals surface area contributed by atoms with Gasteiger partial charge in [-0.3, -0.25) is 14.4 Å². The number of carbonyl (C=O) groups is 3. The number of rotatable bonds is 6. The SMILES string of the molecule is CCOC(=O)[C@]1(Cc2ccccc2)C(=O)C(=O)N(Cc2ccccc2)c2c1ccc1ccccc21. The van der Waals surface area contributed by atoms with Gasteiger partial charge in [-0.15, -0.1) is 0 Å². The molecule has 0 spiro atoms. The Labute approximate surface area is 203 Å². The molecule has 0 bridgehead atoms. The van der Waals surface area contributed by atoms with Crippen LogP contribution >= 0.6 is 0 Å². The molecular formula is C30H25NO4. The Morgan fingerprint density at radius 2 is 1.43 bits per heavy atom. The van der Waals surface area contributed by atoms with Gasteiger partial charge in [0.05, 0.1) is 18.8 Å². The van der Waals surface area contributed by atoms with Crippen LogP contribution in [0.5, 0.6) is 0 Å². The Morgan fingerprint density at radius 1 is 0.800 bits per heavy atom. The predicted octanol–water partition coefficient (Wildman–Crippen LogP) is 5.00. The molecule has 1 atom stereocenters. The Balaban J connectivity index is 1.79. The summed E-state index contributed by atoms with van der Waals surface area (Å²) in [6, 6.07) is 30.2. The molecule has 174 valence electrons. The van der Waals surface area contributed by atoms with Gasteiger partial charge in [-0.2, -0.15) is 0 Å². The second-order valence-corrected chi connectivity index (χ2v) is 8.68. The van der Waals surface area contributed by atoms with E-state index in [1.165, 1.54) is 4.90 Å². The predicted molar refractivity (Wildman–Crippen MR) is 135 cm³/mol. The van der Waals surface area contributed by atoms with Crippen LogP contribution in [0.2, 0.25) is 0 Å². The fraction of sp³-hybridized carbons (Fsp3) is 0.167. The largest absolute Gasteiger partial charge is 0.465 e. The van der Waals surface area contributed by atoms with E-state index in [1.54, 1.807) is 13.0 Å². The van der Waals surface area contributed by atoms with Gasteiger partial charge in [0.1, 0.15) is 0 Å². The van der Waals surface area contributed by atoms with E-state index in [4.69, 9.17) is 4.74 Å². The molecular weight excluding hydrogens is 438 g/mol. The second-order valence-electron chi connectivity index (χ2n) is 8.68. The minimum Gasteiger partial charge on any atom is -0.465 e. The van der Waals surface area contributed by atoms with Crippen LogP contribution in [-0.2, 0) is 37.5 Å². The number of benzene rings is 4. The van der Waals surface area contributed by atoms with Gasteiger partial charge in [-0.25, -0.2) is 0 Å². The van der Waals surface area contributed by atoms with Crippen molar-refractivity contribution in [2.24, 2.45) is 0 Å². The van der Waals surface area contributed by atoms with E-state index in [1.807, 2.05) is 91.0 Å². The summed E-state index contributed by atoms with van der Waals surface area (Å²) in [4.78, 5) is 42.9. The Bertz CT molecular complexity index is 1410. The maximum absolute atomic E-state index is 14.0. The zero-order chi connectivity index (χ0) is 24.4. The summed E-state index contributed by atoms with van der Waals surface area (Å²) in [5.41, 5.74) is 0.984. The van der Waals surface area contributed by atoms with Crippen LogP contribution in [0.4, 0.5) is 5.69 Å². The number of hydrogen-bond acceptors (Lipinski definition) is 4. The number of carbonyl (C=O) groups excluding carboxylic acids is 3. The molecule has 1 amide bonds. The molecule has 5 rings (SSSR count). The number of ether oxygens (including phenoxy) is 1. The van der Waals surface area contributed by atoms with Gasteiger partial charge >= 0.3 is 5.97 Å². The van der Waals surface area contributed by atoms with Gasteiger partial charge in [-0.1, -0.05) is 97.1 Å². The number of ketones is 1. The quantitative estimate of drug-likeness (QED) is 0.229. The summed E-state index contributed by atoms with van der Waals surface area (Å²) in [6.45, 7) is 2.02. The van der Waals surface area contributed by atoms with Crippen LogP contribution in [-0.4, -0.2) is 24.3 Å². The molecule has 0 unspecified atom stereocenters. The molecule has 0 radical (unpaired) electrons. The van der Waals surface area contributed by atoms with Crippen LogP contribution in [0, 0.1) is 0 Å². The van der Waals surface area contributed by atoms with Crippen molar-refractivity contribution in [2.45, 2.75) is 25.3 Å². The topological polar surface area (TPSA) is 63.7 Å². The van der Waals surface area contributed by atoms with Crippen LogP contribution in [0.1, 0.15) is 23.6 Å². The summed E-state index contributed by atoms with van der Waals surface area (Å²) in [7, 11) is 0. The fourth-order valence-electron chi connectivity index (χ4n) is 4.94. The third kappa shape index (κ3) is 3.79. The molecule has 1 heterocycles. The molecule has 5 heteroatoms. The van der Waals surface area contributed by atoms with Crippen molar-refractivity contribution in [3.8, 4) is 0 Å². The summed E-state index contributed by atoms with van der Waals surface area (Å²) in [5, 5.41) is 1.73. The molecule has 5 nitrogen and oxygen atoms in total. The third-order valence-electron chi connectivity index (χ3n) is 6.58. The highest BCUT2D eigenvalue weighted by Gasteiger charge is 2.57. The molecule has 0 saturated carbocycles. The van der Waals surface area contributed by atoms with Crippen molar-refractivity contribution in [2.75, 3.05) is 11.5 Å². The van der Waals surface area contributed by atoms with Crippen molar-refractivity contribution in [3.63, 3.8) is 0 Å². The zero-order valence-electron chi connectivity index (χ0n) is 19.4. The lowest BCUT2D eigenvalue weighted by Crippen LogP contribution is -2.58. The van der Waals surface area contributed by atoms with Crippen LogP contribution in [0.25, 0.3) is 10.8 Å². The maximum atomic E-state index is 14.0. The van der Waals surface area contributed by atoms with Gasteiger partial charge in [0, 0.05) is 17.4 Å². The average molecular weight is 464 g/mol. The molecule has 4 aromatic rings. The highest BCUT2D eigenvalue weighted by molar-refractivity contribution is 6.50. The van der Waals surface area contributed by atoms with E-state index >= 15 is 0 Å². The van der Waals surface area contributed by atoms with Gasteiger partial charge in [-0.05, 0) is 23.4 Å². The first-order valence-corrected chi connectivity index (χ1v) is 11.7. The summed E-state index contributed by atoms with van der Waals surface area (Å²) >= 11 is 0. The minimum atomic E-state index is -1.76. The number of anilines is 1. The molecule has 0 fully saturated rings. The average Bonchev–Trinajstić information content (AvgIpc) is 2.90. The first kappa shape index (κ1) is 22.5. The van der Waals surface area contributed by atoms with E-state index in [-0.39, 0.29) is 19.6 Å². The molecule has 0 saturated heterocycles. The fourth-order valence-corrected chi connectivity index (χ4v) is 4.94. The normalized spacial score (nSPS) is 17.3. The lowest BCUT2D eigenvalue weighted by Gasteiger charge is -2.40. The van der Waals surface area contributed by atoms with E-state index < -0.39 is 23.1 Å². The standard InChI is InChI=1S/C30H25NO4/c1-2-35-29(34)30(19-21-11-5-3-6-12-21)25-18-17-23-15-9-10-16-24(23)26(25)31(28(33)27(30)32)20-22-13-7-4-8-14-22/h3-18H,2,19-20H2,1H3/t30-/m0/s1. The second kappa shape index (κ2) is 9.18. The third-order valence-corrected chi connectivity index (χ3v) is 6.58. The number of esters is 1. The summed E-state index contributed by atoms with van der Waals surface area (Å²) < 4.78 is 5.47. The molecule has 0 N–H and O–H groups in total. The molecule has 0 aliphatic carbocycles. The number of hydrogen-bond donors (Lipinski definition) is 0. The van der Waals surface area contributed by atoms with Crippen molar-refractivity contribution in [1.82, 2.24) is 0 Å². The first-order chi connectivity index (χ1) is 17.1. The number of amides is 1. The molecule has 1 aliphatic rings. The van der Waals surface area contributed by atoms with Gasteiger partial charge < -0.3 is 9.64 Å². The van der Waals surface area contributed by atoms with Gasteiger partial charge in [0.15, 0.2) is 5.41 Å². The highest BCUT2D eigenvalue weighted by atomic mass is 16.5. The number of Topliss-reactive ketones (excluding diaryl/α,β-unsaturated/α-hetero) is 1. The smallest absolute Gasteiger partial charge is 0.325 e. The molecule has 35 heavy (non-hydrogen) atoms. The monoisotopic (exact) mass is 463 g/mol. The molecule has 1 aliphatic heterocycles. The van der Waals surface area contributed by atoms with Crippen LogP contribution < -0.4 is 4.90 Å². The Kier molecular flexibility index (Phi) is 5.91. The van der Waals surface area contributed by atoms with E-state index in [0.29, 0.717) is 11.3 Å². The van der Waals surface area contributed by atoms with E-state index in [2.05, 4.69) is 0 Å². The molecule has 4 aromatic carbocycles. The Hall–Kier alpha value is -4.25. The van der Waals surface area contributed by atoms with Crippen LogP contribution in [0.15, 0.2) is 97.1 Å². The Morgan fingerprint density at radius 3 is 2.11 bits per heavy atom. The summed E-state index contributed by atoms with van der Waals surface area (Å²) in [6.07, 6.45) is 0.0434. The lowest BCUT2D eigenvalue weighted by atomic mass is 9.68. The maximum Gasteiger partial charge on any atom is 0.325 e. The van der Waals surface area contributed by atoms with E-state index in [9.17, 15) is 14.4 Å². The van der Waals surface area contributed by atoms with Crippen LogP contribution in [0.3, 0.4) is 0 Å². The van der Waals surface area contributed by atoms with E-state index in [0.717, 1.165) is 21.9 Å². The first-order valence-electron chi connectivity index (χ1n) is 11.7. The van der Waals surface area contributed by atoms with Gasteiger partial charge in [0.2, 0.25) is 5.78 Å². The number of fused-ring (bicyclic) bond motifs is 3. The van der Waals surface area contributed by atoms with Gasteiger partial charge in [0.25, 0.3) is 5.91 Å². The van der Waals surface area contributed by atoms with Crippen molar-refractivity contribution in [3.05, 3.63) is 114 Å². The van der Waals surface area contributed by atoms with Crippen molar-refractivity contribution >= 4 is 34.1 Å². The number of nitrogens with zero attached hydrogens (tertiary/aromatic N) is 1. The lowest BCUT2D eigenvalue weighted by molar-refractivity contribution is -0.157. The summed E-state index contributed by atoms with van der Waals surface area (Å²) in [5.74, 6) is -2.17. The highest BCUT2D eigenvalue weighted by Crippen LogP contribution is 2.46. The molecule has 0 aromatic heterocycles. The zero-order valence-corrected chi connectivity index (χ0v) is 19.4. The van der Waals surface area contributed by atoms with Crippen molar-refractivity contribution in [1.29, 1.82) is 0 Å². The van der Waals surface area contributed by atoms with Crippen molar-refractivity contribution < 1.29 is 19.1 Å². The minimum absolute atomic E-state index is 0.0434.